The van der Waals surface area contributed by atoms with E-state index >= 15 is 0 Å². The maximum Gasteiger partial charge on any atom is 0.416 e. The summed E-state index contributed by atoms with van der Waals surface area (Å²) in [4.78, 5) is 26.9. The van der Waals surface area contributed by atoms with Gasteiger partial charge in [0.15, 0.2) is 0 Å². The zero-order valence-corrected chi connectivity index (χ0v) is 17.8. The molecule has 0 unspecified atom stereocenters. The Bertz CT molecular complexity index is 1090. The molecule has 0 spiro atoms. The normalized spacial score (nSPS) is 15.5. The third-order valence-electron chi connectivity index (χ3n) is 5.25. The number of hydrogen-bond donors (Lipinski definition) is 0. The molecule has 8 heteroatoms. The van der Waals surface area contributed by atoms with Crippen molar-refractivity contribution in [1.29, 1.82) is 0 Å². The minimum Gasteiger partial charge on any atom is -0.497 e. The minimum absolute atomic E-state index is 0.0378. The summed E-state index contributed by atoms with van der Waals surface area (Å²) in [6.07, 6.45) is -3.02. The molecular weight excluding hydrogens is 423 g/mol. The van der Waals surface area contributed by atoms with Gasteiger partial charge in [-0.1, -0.05) is 30.3 Å². The summed E-state index contributed by atoms with van der Waals surface area (Å²) in [6.45, 7) is 1.82. The van der Waals surface area contributed by atoms with Crippen LogP contribution >= 0.6 is 0 Å². The molecule has 32 heavy (non-hydrogen) atoms. The van der Waals surface area contributed by atoms with Crippen molar-refractivity contribution in [3.05, 3.63) is 82.1 Å². The van der Waals surface area contributed by atoms with Crippen LogP contribution in [0.1, 0.15) is 23.6 Å². The standard InChI is InChI=1S/C24H22F3NO4/c1-15-21(23(30)32-3)19(14-17-6-4-5-7-20(17)24(25,26)27)22(29)28(15)13-12-16-8-10-18(31-2)11-9-16/h4-11,14H,12-13H2,1-3H3/b19-14-. The Kier molecular flexibility index (Phi) is 6.72. The molecule has 5 nitrogen and oxygen atoms in total. The molecule has 1 aliphatic rings. The van der Waals surface area contributed by atoms with Crippen molar-refractivity contribution in [3.8, 4) is 5.75 Å². The first kappa shape index (κ1) is 23.1. The number of carbonyl (C=O) groups excluding carboxylic acids is 2. The molecule has 1 heterocycles. The Hall–Kier alpha value is -3.55. The Morgan fingerprint density at radius 3 is 2.31 bits per heavy atom. The molecule has 1 amide bonds. The molecule has 0 N–H and O–H groups in total. The van der Waals surface area contributed by atoms with E-state index in [0.717, 1.165) is 24.8 Å². The minimum atomic E-state index is -4.60. The third-order valence-corrected chi connectivity index (χ3v) is 5.25. The number of esters is 1. The number of rotatable bonds is 6. The molecule has 0 aromatic heterocycles. The zero-order valence-electron chi connectivity index (χ0n) is 17.8. The highest BCUT2D eigenvalue weighted by molar-refractivity contribution is 6.16. The monoisotopic (exact) mass is 445 g/mol. The maximum atomic E-state index is 13.4. The number of benzene rings is 2. The summed E-state index contributed by atoms with van der Waals surface area (Å²) >= 11 is 0. The van der Waals surface area contributed by atoms with E-state index in [9.17, 15) is 22.8 Å². The van der Waals surface area contributed by atoms with Crippen molar-refractivity contribution in [2.75, 3.05) is 20.8 Å². The number of amides is 1. The maximum absolute atomic E-state index is 13.4. The summed E-state index contributed by atoms with van der Waals surface area (Å²) in [7, 11) is 2.72. The molecule has 0 radical (unpaired) electrons. The van der Waals surface area contributed by atoms with Crippen LogP contribution < -0.4 is 4.74 Å². The number of alkyl halides is 3. The van der Waals surface area contributed by atoms with Gasteiger partial charge in [-0.25, -0.2) is 4.79 Å². The van der Waals surface area contributed by atoms with Gasteiger partial charge in [0.1, 0.15) is 5.75 Å². The molecular formula is C24H22F3NO4. The predicted octanol–water partition coefficient (Wildman–Crippen LogP) is 4.63. The van der Waals surface area contributed by atoms with Crippen LogP contribution in [0.2, 0.25) is 0 Å². The number of nitrogens with zero attached hydrogens (tertiary/aromatic N) is 1. The van der Waals surface area contributed by atoms with Crippen LogP contribution in [-0.4, -0.2) is 37.5 Å². The number of allylic oxidation sites excluding steroid dienone is 1. The highest BCUT2D eigenvalue weighted by Gasteiger charge is 2.38. The topological polar surface area (TPSA) is 55.8 Å². The van der Waals surface area contributed by atoms with Gasteiger partial charge in [-0.2, -0.15) is 13.2 Å². The molecule has 168 valence electrons. The smallest absolute Gasteiger partial charge is 0.416 e. The van der Waals surface area contributed by atoms with Crippen LogP contribution in [-0.2, 0) is 26.9 Å². The fourth-order valence-electron chi connectivity index (χ4n) is 3.57. The summed E-state index contributed by atoms with van der Waals surface area (Å²) < 4.78 is 50.2. The molecule has 1 aliphatic heterocycles. The van der Waals surface area contributed by atoms with E-state index in [0.29, 0.717) is 17.9 Å². The van der Waals surface area contributed by atoms with E-state index in [2.05, 4.69) is 0 Å². The molecule has 0 saturated carbocycles. The molecule has 2 aromatic rings. The summed E-state index contributed by atoms with van der Waals surface area (Å²) in [5, 5.41) is 0. The Labute approximate surface area is 183 Å². The number of halogens is 3. The van der Waals surface area contributed by atoms with Crippen LogP contribution in [0.5, 0.6) is 5.75 Å². The van der Waals surface area contributed by atoms with Gasteiger partial charge in [-0.15, -0.1) is 0 Å². The molecule has 0 bridgehead atoms. The van der Waals surface area contributed by atoms with Gasteiger partial charge >= 0.3 is 12.1 Å². The number of methoxy groups -OCH3 is 2. The van der Waals surface area contributed by atoms with E-state index in [1.54, 1.807) is 26.2 Å². The molecule has 0 aliphatic carbocycles. The lowest BCUT2D eigenvalue weighted by atomic mass is 10.00. The fraction of sp³-hybridized carbons (Fsp3) is 0.250. The molecule has 3 rings (SSSR count). The number of ether oxygens (including phenoxy) is 2. The van der Waals surface area contributed by atoms with Crippen molar-refractivity contribution in [1.82, 2.24) is 4.90 Å². The van der Waals surface area contributed by atoms with E-state index in [-0.39, 0.29) is 23.3 Å². The Balaban J connectivity index is 1.96. The molecule has 0 saturated heterocycles. The van der Waals surface area contributed by atoms with E-state index in [4.69, 9.17) is 9.47 Å². The van der Waals surface area contributed by atoms with Crippen LogP contribution in [0.15, 0.2) is 65.4 Å². The number of hydrogen-bond acceptors (Lipinski definition) is 4. The molecule has 0 atom stereocenters. The average Bonchev–Trinajstić information content (AvgIpc) is 3.01. The first-order chi connectivity index (χ1) is 15.2. The van der Waals surface area contributed by atoms with Gasteiger partial charge in [0, 0.05) is 12.2 Å². The van der Waals surface area contributed by atoms with Gasteiger partial charge in [0.25, 0.3) is 5.91 Å². The quantitative estimate of drug-likeness (QED) is 0.481. The molecule has 0 fully saturated rings. The summed E-state index contributed by atoms with van der Waals surface area (Å²) in [5.74, 6) is -0.629. The van der Waals surface area contributed by atoms with Crippen LogP contribution in [0.4, 0.5) is 13.2 Å². The van der Waals surface area contributed by atoms with Crippen molar-refractivity contribution in [3.63, 3.8) is 0 Å². The zero-order chi connectivity index (χ0) is 23.5. The number of carbonyl (C=O) groups is 2. The average molecular weight is 445 g/mol. The van der Waals surface area contributed by atoms with Crippen molar-refractivity contribution < 1.29 is 32.2 Å². The highest BCUT2D eigenvalue weighted by atomic mass is 19.4. The van der Waals surface area contributed by atoms with Gasteiger partial charge in [-0.05, 0) is 48.7 Å². The van der Waals surface area contributed by atoms with Crippen molar-refractivity contribution >= 4 is 18.0 Å². The lowest BCUT2D eigenvalue weighted by Gasteiger charge is -2.18. The van der Waals surface area contributed by atoms with Crippen molar-refractivity contribution in [2.24, 2.45) is 0 Å². The first-order valence-electron chi connectivity index (χ1n) is 9.79. The van der Waals surface area contributed by atoms with Crippen molar-refractivity contribution in [2.45, 2.75) is 19.5 Å². The van der Waals surface area contributed by atoms with Gasteiger partial charge in [-0.3, -0.25) is 4.79 Å². The second-order valence-electron chi connectivity index (χ2n) is 7.15. The molecule has 2 aromatic carbocycles. The second kappa shape index (κ2) is 9.30. The Morgan fingerprint density at radius 2 is 1.72 bits per heavy atom. The van der Waals surface area contributed by atoms with E-state index in [1.807, 2.05) is 12.1 Å². The van der Waals surface area contributed by atoms with Crippen LogP contribution in [0.25, 0.3) is 6.08 Å². The largest absolute Gasteiger partial charge is 0.497 e. The Morgan fingerprint density at radius 1 is 1.06 bits per heavy atom. The first-order valence-corrected chi connectivity index (χ1v) is 9.79. The highest BCUT2D eigenvalue weighted by Crippen LogP contribution is 2.36. The fourth-order valence-corrected chi connectivity index (χ4v) is 3.57. The lowest BCUT2D eigenvalue weighted by molar-refractivity contribution is -0.138. The second-order valence-corrected chi connectivity index (χ2v) is 7.15. The van der Waals surface area contributed by atoms with Crippen LogP contribution in [0.3, 0.4) is 0 Å². The van der Waals surface area contributed by atoms with Crippen LogP contribution in [0, 0.1) is 0 Å². The third kappa shape index (κ3) is 4.69. The van der Waals surface area contributed by atoms with Gasteiger partial charge < -0.3 is 14.4 Å². The summed E-state index contributed by atoms with van der Waals surface area (Å²) in [6, 6.07) is 12.2. The van der Waals surface area contributed by atoms with Gasteiger partial charge in [0.2, 0.25) is 0 Å². The van der Waals surface area contributed by atoms with Gasteiger partial charge in [0.05, 0.1) is 30.9 Å². The van der Waals surface area contributed by atoms with E-state index < -0.39 is 23.6 Å². The SMILES string of the molecule is COC(=O)C1=C(C)N(CCc2ccc(OC)cc2)C(=O)/C1=C\c1ccccc1C(F)(F)F. The lowest BCUT2D eigenvalue weighted by Crippen LogP contribution is -2.27. The predicted molar refractivity (Wildman–Crippen MR) is 113 cm³/mol. The van der Waals surface area contributed by atoms with E-state index in [1.165, 1.54) is 23.1 Å². The summed E-state index contributed by atoms with van der Waals surface area (Å²) in [5.41, 5.74) is 0.0235.